The molecule has 0 spiro atoms. The second-order valence-electron chi connectivity index (χ2n) is 4.08. The Balaban J connectivity index is 2.28. The fraction of sp³-hybridized carbons (Fsp3) is 0.143. The zero-order valence-electron chi connectivity index (χ0n) is 9.71. The van der Waals surface area contributed by atoms with Crippen LogP contribution < -0.4 is 0 Å². The van der Waals surface area contributed by atoms with Crippen LogP contribution in [-0.2, 0) is 6.42 Å². The van der Waals surface area contributed by atoms with Crippen molar-refractivity contribution in [1.82, 2.24) is 0 Å². The summed E-state index contributed by atoms with van der Waals surface area (Å²) in [4.78, 5) is 0. The van der Waals surface area contributed by atoms with E-state index < -0.39 is 17.7 Å². The van der Waals surface area contributed by atoms with E-state index in [-0.39, 0.29) is 12.0 Å². The first-order chi connectivity index (χ1) is 9.00. The molecule has 0 saturated heterocycles. The Bertz CT molecular complexity index is 604. The van der Waals surface area contributed by atoms with Crippen LogP contribution >= 0.6 is 27.5 Å². The molecule has 5 heteroatoms. The number of benzene rings is 2. The third-order valence-electron chi connectivity index (χ3n) is 2.79. The van der Waals surface area contributed by atoms with Crippen LogP contribution in [0.25, 0.3) is 0 Å². The predicted octanol–water partition coefficient (Wildman–Crippen LogP) is 4.66. The molecule has 19 heavy (non-hydrogen) atoms. The highest BCUT2D eigenvalue weighted by atomic mass is 79.9. The van der Waals surface area contributed by atoms with E-state index in [4.69, 9.17) is 11.6 Å². The van der Waals surface area contributed by atoms with Gasteiger partial charge in [-0.25, -0.2) is 8.78 Å². The molecule has 1 unspecified atom stereocenters. The molecule has 0 bridgehead atoms. The van der Waals surface area contributed by atoms with Gasteiger partial charge in [-0.1, -0.05) is 35.9 Å². The van der Waals surface area contributed by atoms with Crippen LogP contribution in [0.2, 0.25) is 5.02 Å². The summed E-state index contributed by atoms with van der Waals surface area (Å²) < 4.78 is 27.3. The Morgan fingerprint density at radius 2 is 1.84 bits per heavy atom. The van der Waals surface area contributed by atoms with Crippen LogP contribution in [0.5, 0.6) is 0 Å². The van der Waals surface area contributed by atoms with Crippen LogP contribution in [0, 0.1) is 11.6 Å². The van der Waals surface area contributed by atoms with E-state index in [2.05, 4.69) is 15.9 Å². The van der Waals surface area contributed by atoms with E-state index in [1.165, 1.54) is 12.1 Å². The number of hydrogen-bond donors (Lipinski definition) is 1. The Morgan fingerprint density at radius 1 is 1.16 bits per heavy atom. The van der Waals surface area contributed by atoms with Crippen molar-refractivity contribution < 1.29 is 13.9 Å². The topological polar surface area (TPSA) is 20.2 Å². The number of halogens is 4. The van der Waals surface area contributed by atoms with Gasteiger partial charge in [-0.3, -0.25) is 0 Å². The average molecular weight is 348 g/mol. The minimum atomic E-state index is -0.999. The molecule has 100 valence electrons. The molecule has 0 aliphatic rings. The van der Waals surface area contributed by atoms with E-state index in [0.717, 1.165) is 6.07 Å². The SMILES string of the molecule is OC(Cc1cccc(F)c1F)c1cccc(Br)c1Cl. The van der Waals surface area contributed by atoms with Gasteiger partial charge in [0, 0.05) is 16.5 Å². The van der Waals surface area contributed by atoms with Gasteiger partial charge in [0.05, 0.1) is 11.1 Å². The number of aliphatic hydroxyl groups is 1. The molecule has 0 aromatic heterocycles. The maximum absolute atomic E-state index is 13.5. The van der Waals surface area contributed by atoms with Crippen molar-refractivity contribution in [2.24, 2.45) is 0 Å². The normalized spacial score (nSPS) is 12.5. The smallest absolute Gasteiger partial charge is 0.162 e. The summed E-state index contributed by atoms with van der Waals surface area (Å²) in [5, 5.41) is 10.5. The Kier molecular flexibility index (Phi) is 4.55. The maximum Gasteiger partial charge on any atom is 0.162 e. The van der Waals surface area contributed by atoms with Gasteiger partial charge < -0.3 is 5.11 Å². The van der Waals surface area contributed by atoms with E-state index >= 15 is 0 Å². The number of hydrogen-bond acceptors (Lipinski definition) is 1. The fourth-order valence-corrected chi connectivity index (χ4v) is 2.44. The van der Waals surface area contributed by atoms with Gasteiger partial charge in [0.25, 0.3) is 0 Å². The Hall–Kier alpha value is -0.970. The first-order valence-electron chi connectivity index (χ1n) is 5.55. The monoisotopic (exact) mass is 346 g/mol. The molecule has 1 N–H and O–H groups in total. The van der Waals surface area contributed by atoms with Gasteiger partial charge >= 0.3 is 0 Å². The van der Waals surface area contributed by atoms with E-state index in [1.54, 1.807) is 18.2 Å². The quantitative estimate of drug-likeness (QED) is 0.856. The third kappa shape index (κ3) is 3.14. The summed E-state index contributed by atoms with van der Waals surface area (Å²) in [5.74, 6) is -1.86. The molecule has 0 saturated carbocycles. The van der Waals surface area contributed by atoms with Crippen LogP contribution in [-0.4, -0.2) is 5.11 Å². The summed E-state index contributed by atoms with van der Waals surface area (Å²) in [6.45, 7) is 0. The molecule has 0 radical (unpaired) electrons. The molecule has 0 amide bonds. The third-order valence-corrected chi connectivity index (χ3v) is 4.10. The van der Waals surface area contributed by atoms with E-state index in [1.807, 2.05) is 0 Å². The van der Waals surface area contributed by atoms with Crippen LogP contribution in [0.15, 0.2) is 40.9 Å². The number of rotatable bonds is 3. The number of aliphatic hydroxyl groups excluding tert-OH is 1. The second kappa shape index (κ2) is 5.99. The van der Waals surface area contributed by atoms with Crippen LogP contribution in [0.1, 0.15) is 17.2 Å². The zero-order valence-corrected chi connectivity index (χ0v) is 12.0. The molecule has 0 fully saturated rings. The average Bonchev–Trinajstić information content (AvgIpc) is 2.38. The Morgan fingerprint density at radius 3 is 2.58 bits per heavy atom. The molecule has 0 aliphatic heterocycles. The summed E-state index contributed by atoms with van der Waals surface area (Å²) >= 11 is 9.30. The van der Waals surface area contributed by atoms with Crippen molar-refractivity contribution in [2.45, 2.75) is 12.5 Å². The van der Waals surface area contributed by atoms with Gasteiger partial charge in [0.15, 0.2) is 11.6 Å². The second-order valence-corrected chi connectivity index (χ2v) is 5.31. The molecule has 2 rings (SSSR count). The molecule has 0 aliphatic carbocycles. The lowest BCUT2D eigenvalue weighted by molar-refractivity contribution is 0.177. The summed E-state index contributed by atoms with van der Waals surface area (Å²) in [6.07, 6.45) is -1.04. The molecular formula is C14H10BrClF2O. The molecule has 2 aromatic rings. The highest BCUT2D eigenvalue weighted by Gasteiger charge is 2.17. The van der Waals surface area contributed by atoms with Gasteiger partial charge in [-0.2, -0.15) is 0 Å². The van der Waals surface area contributed by atoms with Crippen molar-refractivity contribution in [2.75, 3.05) is 0 Å². The minimum Gasteiger partial charge on any atom is -0.388 e. The van der Waals surface area contributed by atoms with Gasteiger partial charge in [-0.15, -0.1) is 0 Å². The van der Waals surface area contributed by atoms with E-state index in [9.17, 15) is 13.9 Å². The zero-order chi connectivity index (χ0) is 14.0. The first-order valence-corrected chi connectivity index (χ1v) is 6.72. The minimum absolute atomic E-state index is 0.0419. The largest absolute Gasteiger partial charge is 0.388 e. The first kappa shape index (κ1) is 14.4. The van der Waals surface area contributed by atoms with Crippen molar-refractivity contribution in [1.29, 1.82) is 0 Å². The highest BCUT2D eigenvalue weighted by Crippen LogP contribution is 2.32. The van der Waals surface area contributed by atoms with Crippen LogP contribution in [0.3, 0.4) is 0 Å². The standard InChI is InChI=1S/C14H10BrClF2O/c15-10-5-2-4-9(13(10)16)12(19)7-8-3-1-6-11(17)14(8)18/h1-6,12,19H,7H2. The van der Waals surface area contributed by atoms with Crippen molar-refractivity contribution in [3.05, 3.63) is 68.7 Å². The lowest BCUT2D eigenvalue weighted by atomic mass is 10.0. The van der Waals surface area contributed by atoms with Gasteiger partial charge in [0.2, 0.25) is 0 Å². The Labute approximate surface area is 123 Å². The molecular weight excluding hydrogens is 338 g/mol. The molecule has 2 aromatic carbocycles. The lowest BCUT2D eigenvalue weighted by Gasteiger charge is -2.14. The highest BCUT2D eigenvalue weighted by molar-refractivity contribution is 9.10. The predicted molar refractivity (Wildman–Crippen MR) is 74.2 cm³/mol. The van der Waals surface area contributed by atoms with Crippen molar-refractivity contribution in [3.63, 3.8) is 0 Å². The van der Waals surface area contributed by atoms with Crippen LogP contribution in [0.4, 0.5) is 8.78 Å². The maximum atomic E-state index is 13.5. The molecule has 1 atom stereocenters. The summed E-state index contributed by atoms with van der Waals surface area (Å²) in [5.41, 5.74) is 0.586. The van der Waals surface area contributed by atoms with Gasteiger partial charge in [-0.05, 0) is 33.6 Å². The van der Waals surface area contributed by atoms with Gasteiger partial charge in [0.1, 0.15) is 0 Å². The van der Waals surface area contributed by atoms with Crippen molar-refractivity contribution >= 4 is 27.5 Å². The fourth-order valence-electron chi connectivity index (χ4n) is 1.80. The lowest BCUT2D eigenvalue weighted by Crippen LogP contribution is -2.05. The van der Waals surface area contributed by atoms with E-state index in [0.29, 0.717) is 15.1 Å². The molecule has 0 heterocycles. The summed E-state index contributed by atoms with van der Waals surface area (Å²) in [7, 11) is 0. The molecule has 1 nitrogen and oxygen atoms in total. The van der Waals surface area contributed by atoms with Crippen molar-refractivity contribution in [3.8, 4) is 0 Å². The summed E-state index contributed by atoms with van der Waals surface area (Å²) in [6, 6.07) is 8.99.